The zero-order chi connectivity index (χ0) is 17.5. The molecule has 2 amide bonds. The summed E-state index contributed by atoms with van der Waals surface area (Å²) < 4.78 is 4.92. The van der Waals surface area contributed by atoms with Gasteiger partial charge in [0.25, 0.3) is 0 Å². The number of aromatic nitrogens is 1. The molecule has 1 N–H and O–H groups in total. The summed E-state index contributed by atoms with van der Waals surface area (Å²) in [6.07, 6.45) is 1.74. The first kappa shape index (κ1) is 17.9. The molecule has 0 unspecified atom stereocenters. The molecule has 8 nitrogen and oxygen atoms in total. The molecule has 0 aliphatic carbocycles. The number of rotatable bonds is 8. The fourth-order valence-corrected chi connectivity index (χ4v) is 2.67. The molecule has 1 aliphatic heterocycles. The van der Waals surface area contributed by atoms with Gasteiger partial charge in [0, 0.05) is 32.8 Å². The number of hydrogen-bond donors (Lipinski definition) is 1. The van der Waals surface area contributed by atoms with Crippen molar-refractivity contribution in [2.45, 2.75) is 13.0 Å². The maximum absolute atomic E-state index is 12.5. The third-order valence-electron chi connectivity index (χ3n) is 3.85. The van der Waals surface area contributed by atoms with Crippen molar-refractivity contribution in [2.75, 3.05) is 33.4 Å². The molecule has 0 aromatic carbocycles. The normalized spacial score (nSPS) is 17.1. The second-order valence-electron chi connectivity index (χ2n) is 5.64. The molecule has 1 aromatic heterocycles. The highest BCUT2D eigenvalue weighted by atomic mass is 16.5. The largest absolute Gasteiger partial charge is 0.480 e. The standard InChI is InChI=1S/C16H21N3O5/c1-24-7-6-18(11-15(21)22)16(23)12-8-14(20)19(9-12)10-13-4-2-3-5-17-13/h2-5,12H,6-11H2,1H3,(H,21,22)/t12-/m0/s1. The second-order valence-corrected chi connectivity index (χ2v) is 5.64. The Morgan fingerprint density at radius 1 is 1.46 bits per heavy atom. The maximum atomic E-state index is 12.5. The van der Waals surface area contributed by atoms with Gasteiger partial charge in [-0.05, 0) is 12.1 Å². The van der Waals surface area contributed by atoms with E-state index in [1.54, 1.807) is 17.2 Å². The quantitative estimate of drug-likeness (QED) is 0.717. The summed E-state index contributed by atoms with van der Waals surface area (Å²) in [5.74, 6) is -2.07. The first-order chi connectivity index (χ1) is 11.5. The average Bonchev–Trinajstić information content (AvgIpc) is 2.92. The smallest absolute Gasteiger partial charge is 0.323 e. The van der Waals surface area contributed by atoms with E-state index >= 15 is 0 Å². The van der Waals surface area contributed by atoms with Crippen LogP contribution in [0.15, 0.2) is 24.4 Å². The van der Waals surface area contributed by atoms with E-state index in [4.69, 9.17) is 9.84 Å². The van der Waals surface area contributed by atoms with Gasteiger partial charge in [-0.3, -0.25) is 19.4 Å². The van der Waals surface area contributed by atoms with Crippen LogP contribution in [0.2, 0.25) is 0 Å². The van der Waals surface area contributed by atoms with Crippen LogP contribution >= 0.6 is 0 Å². The summed E-state index contributed by atoms with van der Waals surface area (Å²) >= 11 is 0. The molecule has 8 heteroatoms. The number of carbonyl (C=O) groups is 3. The van der Waals surface area contributed by atoms with Crippen LogP contribution in [0.4, 0.5) is 0 Å². The summed E-state index contributed by atoms with van der Waals surface area (Å²) in [4.78, 5) is 42.6. The summed E-state index contributed by atoms with van der Waals surface area (Å²) in [6, 6.07) is 5.45. The van der Waals surface area contributed by atoms with Gasteiger partial charge in [0.05, 0.1) is 24.8 Å². The average molecular weight is 335 g/mol. The Kier molecular flexibility index (Phi) is 6.25. The van der Waals surface area contributed by atoms with Crippen LogP contribution in [0.5, 0.6) is 0 Å². The van der Waals surface area contributed by atoms with Gasteiger partial charge >= 0.3 is 5.97 Å². The number of nitrogens with zero attached hydrogens (tertiary/aromatic N) is 3. The number of hydrogen-bond acceptors (Lipinski definition) is 5. The Morgan fingerprint density at radius 2 is 2.25 bits per heavy atom. The molecule has 1 aliphatic rings. The number of likely N-dealkylation sites (tertiary alicyclic amines) is 1. The summed E-state index contributed by atoms with van der Waals surface area (Å²) in [5.41, 5.74) is 0.751. The number of ether oxygens (including phenoxy) is 1. The topological polar surface area (TPSA) is 100 Å². The minimum absolute atomic E-state index is 0.0920. The van der Waals surface area contributed by atoms with Crippen molar-refractivity contribution in [3.63, 3.8) is 0 Å². The molecule has 1 atom stereocenters. The fourth-order valence-electron chi connectivity index (χ4n) is 2.67. The van der Waals surface area contributed by atoms with Crippen molar-refractivity contribution in [1.29, 1.82) is 0 Å². The van der Waals surface area contributed by atoms with Crippen LogP contribution in [-0.4, -0.2) is 71.0 Å². The molecular formula is C16H21N3O5. The van der Waals surface area contributed by atoms with E-state index < -0.39 is 18.4 Å². The molecule has 1 aromatic rings. The fraction of sp³-hybridized carbons (Fsp3) is 0.500. The molecule has 0 spiro atoms. The molecular weight excluding hydrogens is 314 g/mol. The van der Waals surface area contributed by atoms with Crippen molar-refractivity contribution in [1.82, 2.24) is 14.8 Å². The van der Waals surface area contributed by atoms with Crippen LogP contribution in [-0.2, 0) is 25.7 Å². The van der Waals surface area contributed by atoms with Crippen molar-refractivity contribution in [3.8, 4) is 0 Å². The Labute approximate surface area is 140 Å². The zero-order valence-corrected chi connectivity index (χ0v) is 13.6. The van der Waals surface area contributed by atoms with E-state index in [9.17, 15) is 14.4 Å². The van der Waals surface area contributed by atoms with Crippen LogP contribution in [0, 0.1) is 5.92 Å². The molecule has 1 fully saturated rings. The lowest BCUT2D eigenvalue weighted by Crippen LogP contribution is -2.42. The van der Waals surface area contributed by atoms with E-state index in [0.717, 1.165) is 5.69 Å². The van der Waals surface area contributed by atoms with Crippen molar-refractivity contribution < 1.29 is 24.2 Å². The van der Waals surface area contributed by atoms with Gasteiger partial charge in [0.1, 0.15) is 6.54 Å². The predicted molar refractivity (Wildman–Crippen MR) is 83.9 cm³/mol. The number of amides is 2. The predicted octanol–water partition coefficient (Wildman–Crippen LogP) is -0.0103. The molecule has 2 heterocycles. The number of carboxylic acids is 1. The Morgan fingerprint density at radius 3 is 2.88 bits per heavy atom. The minimum atomic E-state index is -1.09. The highest BCUT2D eigenvalue weighted by Gasteiger charge is 2.36. The van der Waals surface area contributed by atoms with Gasteiger partial charge < -0.3 is 19.6 Å². The van der Waals surface area contributed by atoms with E-state index in [1.165, 1.54) is 12.0 Å². The number of methoxy groups -OCH3 is 1. The monoisotopic (exact) mass is 335 g/mol. The molecule has 1 saturated heterocycles. The van der Waals surface area contributed by atoms with E-state index in [-0.39, 0.29) is 37.9 Å². The zero-order valence-electron chi connectivity index (χ0n) is 13.6. The van der Waals surface area contributed by atoms with Crippen LogP contribution < -0.4 is 0 Å². The summed E-state index contributed by atoms with van der Waals surface area (Å²) in [6.45, 7) is 0.662. The van der Waals surface area contributed by atoms with E-state index in [2.05, 4.69) is 4.98 Å². The van der Waals surface area contributed by atoms with Crippen molar-refractivity contribution in [2.24, 2.45) is 5.92 Å². The third kappa shape index (κ3) is 4.76. The number of aliphatic carboxylic acids is 1. The Bertz CT molecular complexity index is 593. The van der Waals surface area contributed by atoms with Gasteiger partial charge in [0.2, 0.25) is 11.8 Å². The van der Waals surface area contributed by atoms with E-state index in [1.807, 2.05) is 12.1 Å². The van der Waals surface area contributed by atoms with Crippen LogP contribution in [0.3, 0.4) is 0 Å². The highest BCUT2D eigenvalue weighted by molar-refractivity contribution is 5.90. The molecule has 0 bridgehead atoms. The minimum Gasteiger partial charge on any atom is -0.480 e. The number of carboxylic acid groups (broad SMARTS) is 1. The van der Waals surface area contributed by atoms with Gasteiger partial charge in [0.15, 0.2) is 0 Å². The second kappa shape index (κ2) is 8.39. The van der Waals surface area contributed by atoms with Crippen LogP contribution in [0.25, 0.3) is 0 Å². The molecule has 0 radical (unpaired) electrons. The SMILES string of the molecule is COCCN(CC(=O)O)C(=O)[C@H]1CC(=O)N(Cc2ccccn2)C1. The van der Waals surface area contributed by atoms with Crippen molar-refractivity contribution in [3.05, 3.63) is 30.1 Å². The maximum Gasteiger partial charge on any atom is 0.323 e. The Hall–Kier alpha value is -2.48. The first-order valence-corrected chi connectivity index (χ1v) is 7.68. The number of pyridine rings is 1. The Balaban J connectivity index is 1.99. The van der Waals surface area contributed by atoms with E-state index in [0.29, 0.717) is 6.54 Å². The van der Waals surface area contributed by atoms with Gasteiger partial charge in [-0.25, -0.2) is 0 Å². The third-order valence-corrected chi connectivity index (χ3v) is 3.85. The lowest BCUT2D eigenvalue weighted by Gasteiger charge is -2.23. The lowest BCUT2D eigenvalue weighted by molar-refractivity contribution is -0.146. The molecule has 2 rings (SSSR count). The molecule has 130 valence electrons. The molecule has 0 saturated carbocycles. The number of carbonyl (C=O) groups excluding carboxylic acids is 2. The lowest BCUT2D eigenvalue weighted by atomic mass is 10.1. The first-order valence-electron chi connectivity index (χ1n) is 7.68. The van der Waals surface area contributed by atoms with Gasteiger partial charge in [-0.1, -0.05) is 6.07 Å². The van der Waals surface area contributed by atoms with Crippen LogP contribution in [0.1, 0.15) is 12.1 Å². The van der Waals surface area contributed by atoms with Crippen molar-refractivity contribution >= 4 is 17.8 Å². The summed E-state index contributed by atoms with van der Waals surface area (Å²) in [5, 5.41) is 8.95. The summed E-state index contributed by atoms with van der Waals surface area (Å²) in [7, 11) is 1.48. The van der Waals surface area contributed by atoms with Gasteiger partial charge in [-0.2, -0.15) is 0 Å². The molecule has 24 heavy (non-hydrogen) atoms. The van der Waals surface area contributed by atoms with Gasteiger partial charge in [-0.15, -0.1) is 0 Å². The highest BCUT2D eigenvalue weighted by Crippen LogP contribution is 2.21.